The fraction of sp³-hybridized carbons (Fsp3) is 0.296. The van der Waals surface area contributed by atoms with Gasteiger partial charge in [0.1, 0.15) is 23.8 Å². The van der Waals surface area contributed by atoms with Crippen LogP contribution in [0, 0.1) is 0 Å². The summed E-state index contributed by atoms with van der Waals surface area (Å²) in [4.78, 5) is 49.2. The van der Waals surface area contributed by atoms with Gasteiger partial charge in [-0.3, -0.25) is 14.4 Å². The van der Waals surface area contributed by atoms with Crippen LogP contribution in [0.25, 0.3) is 22.2 Å². The Morgan fingerprint density at radius 1 is 1.15 bits per heavy atom. The van der Waals surface area contributed by atoms with E-state index in [0.717, 1.165) is 0 Å². The lowest BCUT2D eigenvalue weighted by atomic mass is 10.0. The summed E-state index contributed by atoms with van der Waals surface area (Å²) in [6, 6.07) is 4.45. The Morgan fingerprint density at radius 2 is 1.85 bits per heavy atom. The van der Waals surface area contributed by atoms with Crippen molar-refractivity contribution in [3.8, 4) is 16.9 Å². The number of phenols is 1. The quantitative estimate of drug-likeness (QED) is 0.305. The number of nitrogens with one attached hydrogen (secondary N) is 1. The van der Waals surface area contributed by atoms with Gasteiger partial charge in [-0.05, 0) is 31.5 Å². The van der Waals surface area contributed by atoms with Crippen molar-refractivity contribution in [3.05, 3.63) is 62.9 Å². The number of primary amides is 1. The van der Waals surface area contributed by atoms with Gasteiger partial charge in [0.25, 0.3) is 11.5 Å². The highest BCUT2D eigenvalue weighted by Crippen LogP contribution is 2.36. The number of hydrogen-bond donors (Lipinski definition) is 3. The SMILES string of the molecule is C[C@@H]1CN(c2cc(NC(=O)Cn3cc(-c4cc(Cl)c(O)c(C(N)=O)c4)c4c(=O)n(C)cnc43)c(Cl)cn2)C[C@@H](C)O1. The highest BCUT2D eigenvalue weighted by atomic mass is 35.5. The van der Waals surface area contributed by atoms with Crippen molar-refractivity contribution in [1.82, 2.24) is 19.1 Å². The summed E-state index contributed by atoms with van der Waals surface area (Å²) in [6.45, 7) is 5.04. The first-order valence-electron chi connectivity index (χ1n) is 12.7. The molecule has 5 rings (SSSR count). The van der Waals surface area contributed by atoms with Gasteiger partial charge in [0.05, 0.1) is 51.4 Å². The summed E-state index contributed by atoms with van der Waals surface area (Å²) >= 11 is 12.5. The number of benzene rings is 1. The van der Waals surface area contributed by atoms with E-state index in [0.29, 0.717) is 35.7 Å². The second-order valence-corrected chi connectivity index (χ2v) is 10.8. The van der Waals surface area contributed by atoms with Gasteiger partial charge in [-0.25, -0.2) is 9.97 Å². The third-order valence-electron chi connectivity index (χ3n) is 6.75. The van der Waals surface area contributed by atoms with Gasteiger partial charge >= 0.3 is 0 Å². The molecule has 0 spiro atoms. The molecule has 1 aliphatic heterocycles. The van der Waals surface area contributed by atoms with Crippen LogP contribution in [-0.4, -0.2) is 61.3 Å². The van der Waals surface area contributed by atoms with E-state index >= 15 is 0 Å². The minimum absolute atomic E-state index is 0.0215. The van der Waals surface area contributed by atoms with E-state index in [-0.39, 0.29) is 51.0 Å². The van der Waals surface area contributed by atoms with Crippen molar-refractivity contribution in [3.63, 3.8) is 0 Å². The molecule has 214 valence electrons. The second kappa shape index (κ2) is 11.0. The molecular weight excluding hydrogens is 573 g/mol. The molecular formula is C27H27Cl2N7O5. The Hall–Kier alpha value is -4.13. The Bertz CT molecular complexity index is 1740. The summed E-state index contributed by atoms with van der Waals surface area (Å²) in [6.07, 6.45) is 4.43. The van der Waals surface area contributed by atoms with Gasteiger partial charge in [0, 0.05) is 38.0 Å². The van der Waals surface area contributed by atoms with Crippen LogP contribution in [-0.2, 0) is 23.1 Å². The maximum Gasteiger partial charge on any atom is 0.263 e. The first kappa shape index (κ1) is 28.4. The molecule has 4 aromatic rings. The number of carbonyl (C=O) groups excluding carboxylic acids is 2. The minimum atomic E-state index is -0.894. The minimum Gasteiger partial charge on any atom is -0.506 e. The number of aromatic nitrogens is 4. The predicted molar refractivity (Wildman–Crippen MR) is 156 cm³/mol. The Balaban J connectivity index is 1.49. The Labute approximate surface area is 244 Å². The van der Waals surface area contributed by atoms with Gasteiger partial charge in [-0.1, -0.05) is 23.2 Å². The van der Waals surface area contributed by atoms with Crippen LogP contribution in [0.15, 0.2) is 41.7 Å². The number of pyridine rings is 1. The third-order valence-corrected chi connectivity index (χ3v) is 7.34. The second-order valence-electron chi connectivity index (χ2n) is 9.98. The number of hydrogen-bond acceptors (Lipinski definition) is 8. The number of aromatic hydroxyl groups is 1. The molecule has 2 atom stereocenters. The van der Waals surface area contributed by atoms with Crippen LogP contribution in [0.5, 0.6) is 5.75 Å². The molecule has 1 fully saturated rings. The molecule has 4 heterocycles. The van der Waals surface area contributed by atoms with Gasteiger partial charge in [-0.2, -0.15) is 0 Å². The lowest BCUT2D eigenvalue weighted by Gasteiger charge is -2.36. The van der Waals surface area contributed by atoms with Crippen LogP contribution in [0.1, 0.15) is 24.2 Å². The smallest absolute Gasteiger partial charge is 0.263 e. The average Bonchev–Trinajstić information content (AvgIpc) is 3.26. The lowest BCUT2D eigenvalue weighted by molar-refractivity contribution is -0.116. The molecule has 14 heteroatoms. The summed E-state index contributed by atoms with van der Waals surface area (Å²) in [5.41, 5.74) is 6.12. The molecule has 2 amide bonds. The van der Waals surface area contributed by atoms with Gasteiger partial charge in [-0.15, -0.1) is 0 Å². The van der Waals surface area contributed by atoms with Gasteiger partial charge in [0.2, 0.25) is 5.91 Å². The summed E-state index contributed by atoms with van der Waals surface area (Å²) in [7, 11) is 1.54. The normalized spacial score (nSPS) is 17.1. The number of halogens is 2. The maximum absolute atomic E-state index is 13.2. The zero-order valence-corrected chi connectivity index (χ0v) is 23.9. The number of fused-ring (bicyclic) bond motifs is 1. The van der Waals surface area contributed by atoms with E-state index in [1.807, 2.05) is 13.8 Å². The van der Waals surface area contributed by atoms with Crippen LogP contribution in [0.3, 0.4) is 0 Å². The highest BCUT2D eigenvalue weighted by Gasteiger charge is 2.25. The molecule has 0 radical (unpaired) electrons. The topological polar surface area (TPSA) is 158 Å². The molecule has 1 aliphatic rings. The van der Waals surface area contributed by atoms with Crippen molar-refractivity contribution in [2.45, 2.75) is 32.6 Å². The van der Waals surface area contributed by atoms with E-state index < -0.39 is 17.6 Å². The van der Waals surface area contributed by atoms with Crippen molar-refractivity contribution in [2.24, 2.45) is 12.8 Å². The largest absolute Gasteiger partial charge is 0.506 e. The van der Waals surface area contributed by atoms with Gasteiger partial charge in [0.15, 0.2) is 0 Å². The molecule has 0 saturated carbocycles. The zero-order valence-electron chi connectivity index (χ0n) is 22.4. The third kappa shape index (κ3) is 5.58. The number of carbonyl (C=O) groups is 2. The number of aryl methyl sites for hydroxylation is 1. The standard InChI is InChI=1S/C27H27Cl2N7O5/c1-13-8-35(9-14(2)41-13)21-6-20(19(29)7-31-21)33-22(37)11-36-10-17(23-26(36)32-12-34(3)27(23)40)15-4-16(25(30)39)24(38)18(28)5-15/h4-7,10,12-14,38H,8-9,11H2,1-3H3,(H2,30,39)(H,31,33,37)/t13-,14-/m1/s1. The van der Waals surface area contributed by atoms with Crippen molar-refractivity contribution >= 4 is 57.6 Å². The number of amides is 2. The summed E-state index contributed by atoms with van der Waals surface area (Å²) in [5.74, 6) is -1.14. The van der Waals surface area contributed by atoms with Crippen molar-refractivity contribution in [2.75, 3.05) is 23.3 Å². The van der Waals surface area contributed by atoms with E-state index in [4.69, 9.17) is 33.7 Å². The molecule has 1 saturated heterocycles. The molecule has 3 aromatic heterocycles. The number of nitrogens with zero attached hydrogens (tertiary/aromatic N) is 5. The monoisotopic (exact) mass is 599 g/mol. The van der Waals surface area contributed by atoms with E-state index in [1.165, 1.54) is 33.8 Å². The first-order valence-corrected chi connectivity index (χ1v) is 13.4. The maximum atomic E-state index is 13.2. The number of nitrogens with two attached hydrogens (primary N) is 1. The van der Waals surface area contributed by atoms with Crippen LogP contribution < -0.4 is 21.5 Å². The highest BCUT2D eigenvalue weighted by molar-refractivity contribution is 6.34. The van der Waals surface area contributed by atoms with Crippen molar-refractivity contribution in [1.29, 1.82) is 0 Å². The van der Waals surface area contributed by atoms with Crippen molar-refractivity contribution < 1.29 is 19.4 Å². The summed E-state index contributed by atoms with van der Waals surface area (Å²) < 4.78 is 8.60. The molecule has 1 aromatic carbocycles. The first-order chi connectivity index (χ1) is 19.4. The molecule has 41 heavy (non-hydrogen) atoms. The number of rotatable bonds is 6. The number of ether oxygens (including phenoxy) is 1. The van der Waals surface area contributed by atoms with Crippen LogP contribution in [0.2, 0.25) is 10.0 Å². The molecule has 0 aliphatic carbocycles. The Kier molecular flexibility index (Phi) is 7.64. The van der Waals surface area contributed by atoms with E-state index in [2.05, 4.69) is 20.2 Å². The van der Waals surface area contributed by atoms with Crippen LogP contribution >= 0.6 is 23.2 Å². The van der Waals surface area contributed by atoms with E-state index in [1.54, 1.807) is 19.3 Å². The fourth-order valence-corrected chi connectivity index (χ4v) is 5.32. The predicted octanol–water partition coefficient (Wildman–Crippen LogP) is 3.16. The molecule has 4 N–H and O–H groups in total. The number of anilines is 2. The fourth-order valence-electron chi connectivity index (χ4n) is 4.95. The molecule has 0 bridgehead atoms. The lowest BCUT2D eigenvalue weighted by Crippen LogP contribution is -2.45. The van der Waals surface area contributed by atoms with E-state index in [9.17, 15) is 19.5 Å². The summed E-state index contributed by atoms with van der Waals surface area (Å²) in [5, 5.41) is 13.3. The number of morpholine rings is 1. The average molecular weight is 600 g/mol. The molecule has 0 unspecified atom stereocenters. The molecule has 12 nitrogen and oxygen atoms in total. The zero-order chi connectivity index (χ0) is 29.6. The van der Waals surface area contributed by atoms with Gasteiger partial charge < -0.3 is 34.9 Å². The Morgan fingerprint density at radius 3 is 2.54 bits per heavy atom. The van der Waals surface area contributed by atoms with Crippen LogP contribution in [0.4, 0.5) is 11.5 Å².